The number of aryl methyl sites for hydroxylation is 1. The monoisotopic (exact) mass is 483 g/mol. The van der Waals surface area contributed by atoms with Crippen molar-refractivity contribution in [3.05, 3.63) is 82.9 Å². The molecule has 9 nitrogen and oxygen atoms in total. The molecule has 0 fully saturated rings. The second-order valence-electron chi connectivity index (χ2n) is 7.56. The Morgan fingerprint density at radius 1 is 1.09 bits per heavy atom. The molecule has 0 aliphatic heterocycles. The number of ether oxygens (including phenoxy) is 1. The summed E-state index contributed by atoms with van der Waals surface area (Å²) >= 11 is 0. The number of carbonyl (C=O) groups is 1. The minimum Gasteiger partial charge on any atom is -0.504 e. The molecule has 178 valence electrons. The largest absolute Gasteiger partial charge is 0.504 e. The normalized spacial score (nSPS) is 11.6. The van der Waals surface area contributed by atoms with Crippen LogP contribution >= 0.6 is 0 Å². The van der Waals surface area contributed by atoms with Crippen LogP contribution in [0.25, 0.3) is 0 Å². The lowest BCUT2D eigenvalue weighted by Gasteiger charge is -2.17. The van der Waals surface area contributed by atoms with Crippen molar-refractivity contribution in [3.63, 3.8) is 0 Å². The lowest BCUT2D eigenvalue weighted by atomic mass is 10.1. The van der Waals surface area contributed by atoms with Gasteiger partial charge in [0.15, 0.2) is 11.5 Å². The number of hydrogen-bond acceptors (Lipinski definition) is 7. The lowest BCUT2D eigenvalue weighted by molar-refractivity contribution is 0.0955. The van der Waals surface area contributed by atoms with Crippen LogP contribution in [-0.2, 0) is 16.6 Å². The molecule has 0 radical (unpaired) electrons. The van der Waals surface area contributed by atoms with Gasteiger partial charge in [-0.15, -0.1) is 0 Å². The molecule has 0 atom stereocenters. The smallest absolute Gasteiger partial charge is 0.271 e. The van der Waals surface area contributed by atoms with Crippen molar-refractivity contribution in [2.75, 3.05) is 14.2 Å². The summed E-state index contributed by atoms with van der Waals surface area (Å²) < 4.78 is 31.7. The van der Waals surface area contributed by atoms with Gasteiger partial charge in [-0.2, -0.15) is 9.41 Å². The fraction of sp³-hybridized carbons (Fsp3) is 0.167. The Balaban J connectivity index is 1.62. The molecule has 0 bridgehead atoms. The first kappa shape index (κ1) is 24.7. The Morgan fingerprint density at radius 2 is 1.74 bits per heavy atom. The van der Waals surface area contributed by atoms with Crippen LogP contribution in [0.3, 0.4) is 0 Å². The van der Waals surface area contributed by atoms with Gasteiger partial charge in [-0.05, 0) is 48.9 Å². The topological polar surface area (TPSA) is 129 Å². The zero-order valence-corrected chi connectivity index (χ0v) is 19.7. The summed E-state index contributed by atoms with van der Waals surface area (Å²) in [6.45, 7) is 2.03. The van der Waals surface area contributed by atoms with E-state index in [9.17, 15) is 23.4 Å². The molecular formula is C24H25N3O6S. The number of methoxy groups -OCH3 is 1. The van der Waals surface area contributed by atoms with E-state index in [-0.39, 0.29) is 28.7 Å². The highest BCUT2D eigenvalue weighted by Crippen LogP contribution is 2.35. The number of hydrogen-bond donors (Lipinski definition) is 3. The van der Waals surface area contributed by atoms with E-state index >= 15 is 0 Å². The summed E-state index contributed by atoms with van der Waals surface area (Å²) in [5.74, 6) is -1.17. The molecule has 3 N–H and O–H groups in total. The van der Waals surface area contributed by atoms with Gasteiger partial charge in [0, 0.05) is 24.7 Å². The van der Waals surface area contributed by atoms with Gasteiger partial charge in [-0.1, -0.05) is 29.8 Å². The molecule has 10 heteroatoms. The maximum absolute atomic E-state index is 12.7. The molecule has 3 aromatic rings. The van der Waals surface area contributed by atoms with Gasteiger partial charge >= 0.3 is 0 Å². The van der Waals surface area contributed by atoms with E-state index in [0.29, 0.717) is 16.7 Å². The predicted octanol–water partition coefficient (Wildman–Crippen LogP) is 3.00. The number of nitrogens with one attached hydrogen (secondary N) is 1. The Labute approximate surface area is 198 Å². The third-order valence-electron chi connectivity index (χ3n) is 5.03. The number of amides is 1. The van der Waals surface area contributed by atoms with Gasteiger partial charge in [0.25, 0.3) is 5.91 Å². The number of phenolic OH excluding ortho intramolecular Hbond substituents is 2. The van der Waals surface area contributed by atoms with Crippen LogP contribution in [0.1, 0.15) is 27.0 Å². The number of benzene rings is 3. The second-order valence-corrected chi connectivity index (χ2v) is 9.61. The zero-order chi connectivity index (χ0) is 24.9. The number of phenols is 2. The molecule has 1 amide bonds. The van der Waals surface area contributed by atoms with E-state index in [2.05, 4.69) is 10.5 Å². The number of nitrogens with zero attached hydrogens (tertiary/aromatic N) is 2. The highest BCUT2D eigenvalue weighted by Gasteiger charge is 2.20. The van der Waals surface area contributed by atoms with Crippen molar-refractivity contribution in [3.8, 4) is 17.2 Å². The van der Waals surface area contributed by atoms with Crippen molar-refractivity contribution in [1.29, 1.82) is 0 Å². The third kappa shape index (κ3) is 5.72. The maximum atomic E-state index is 12.7. The highest BCUT2D eigenvalue weighted by atomic mass is 32.2. The van der Waals surface area contributed by atoms with Crippen LogP contribution in [0.2, 0.25) is 0 Å². The number of sulfonamides is 1. The van der Waals surface area contributed by atoms with Gasteiger partial charge < -0.3 is 14.9 Å². The first-order valence-electron chi connectivity index (χ1n) is 10.2. The molecule has 0 spiro atoms. The van der Waals surface area contributed by atoms with Crippen LogP contribution in [-0.4, -0.2) is 49.2 Å². The standard InChI is InChI=1S/C24H25N3O6S/c1-16-4-10-20(11-5-16)34(31,32)27(2)15-17-6-8-19(9-7-17)24(30)26-25-14-18-12-21(28)23(29)22(13-18)33-3/h4-14,28-29H,15H2,1-3H3,(H,26,30)/b25-14+. The van der Waals surface area contributed by atoms with Gasteiger partial charge in [0.05, 0.1) is 18.2 Å². The number of rotatable bonds is 8. The first-order chi connectivity index (χ1) is 16.1. The number of carbonyl (C=O) groups excluding carboxylic acids is 1. The summed E-state index contributed by atoms with van der Waals surface area (Å²) in [4.78, 5) is 12.6. The van der Waals surface area contributed by atoms with E-state index in [1.807, 2.05) is 6.92 Å². The molecule has 0 saturated carbocycles. The van der Waals surface area contributed by atoms with Crippen LogP contribution in [0.15, 0.2) is 70.7 Å². The molecule has 0 aliphatic carbocycles. The van der Waals surface area contributed by atoms with E-state index in [1.54, 1.807) is 48.5 Å². The summed E-state index contributed by atoms with van der Waals surface area (Å²) in [6.07, 6.45) is 1.29. The average Bonchev–Trinajstić information content (AvgIpc) is 2.81. The maximum Gasteiger partial charge on any atom is 0.271 e. The molecular weight excluding hydrogens is 458 g/mol. The summed E-state index contributed by atoms with van der Waals surface area (Å²) in [5, 5.41) is 23.2. The van der Waals surface area contributed by atoms with Crippen molar-refractivity contribution in [2.45, 2.75) is 18.4 Å². The Hall–Kier alpha value is -3.89. The second kappa shape index (κ2) is 10.4. The van der Waals surface area contributed by atoms with Crippen LogP contribution in [0, 0.1) is 6.92 Å². The van der Waals surface area contributed by atoms with Crippen molar-refractivity contribution >= 4 is 22.1 Å². The number of aromatic hydroxyl groups is 2. The SMILES string of the molecule is COc1cc(/C=N/NC(=O)c2ccc(CN(C)S(=O)(=O)c3ccc(C)cc3)cc2)cc(O)c1O. The average molecular weight is 484 g/mol. The molecule has 34 heavy (non-hydrogen) atoms. The fourth-order valence-electron chi connectivity index (χ4n) is 3.07. The van der Waals surface area contributed by atoms with Crippen molar-refractivity contribution in [1.82, 2.24) is 9.73 Å². The van der Waals surface area contributed by atoms with E-state index in [4.69, 9.17) is 4.74 Å². The van der Waals surface area contributed by atoms with Crippen molar-refractivity contribution < 1.29 is 28.2 Å². The van der Waals surface area contributed by atoms with Gasteiger partial charge in [0.2, 0.25) is 15.8 Å². The van der Waals surface area contributed by atoms with E-state index in [0.717, 1.165) is 5.56 Å². The first-order valence-corrected chi connectivity index (χ1v) is 11.6. The minimum absolute atomic E-state index is 0.0673. The predicted molar refractivity (Wildman–Crippen MR) is 128 cm³/mol. The van der Waals surface area contributed by atoms with Crippen LogP contribution in [0.4, 0.5) is 0 Å². The molecule has 0 heterocycles. The van der Waals surface area contributed by atoms with Gasteiger partial charge in [-0.3, -0.25) is 4.79 Å². The van der Waals surface area contributed by atoms with E-state index in [1.165, 1.54) is 36.8 Å². The van der Waals surface area contributed by atoms with Gasteiger partial charge in [-0.25, -0.2) is 13.8 Å². The number of hydrazone groups is 1. The Kier molecular flexibility index (Phi) is 7.54. The summed E-state index contributed by atoms with van der Waals surface area (Å²) in [5.41, 5.74) is 4.79. The van der Waals surface area contributed by atoms with Crippen molar-refractivity contribution in [2.24, 2.45) is 5.10 Å². The van der Waals surface area contributed by atoms with Crippen LogP contribution < -0.4 is 10.2 Å². The molecule has 0 saturated heterocycles. The minimum atomic E-state index is -3.64. The summed E-state index contributed by atoms with van der Waals surface area (Å²) in [7, 11) is -0.793. The zero-order valence-electron chi connectivity index (χ0n) is 18.9. The lowest BCUT2D eigenvalue weighted by Crippen LogP contribution is -2.26. The molecule has 3 rings (SSSR count). The molecule has 3 aromatic carbocycles. The Morgan fingerprint density at radius 3 is 2.35 bits per heavy atom. The fourth-order valence-corrected chi connectivity index (χ4v) is 4.23. The molecule has 0 unspecified atom stereocenters. The highest BCUT2D eigenvalue weighted by molar-refractivity contribution is 7.89. The molecule has 0 aliphatic rings. The van der Waals surface area contributed by atoms with Gasteiger partial charge in [0.1, 0.15) is 0 Å². The Bertz CT molecular complexity index is 1300. The third-order valence-corrected chi connectivity index (χ3v) is 6.84. The quantitative estimate of drug-likeness (QED) is 0.257. The summed E-state index contributed by atoms with van der Waals surface area (Å²) in [6, 6.07) is 15.8. The molecule has 0 aromatic heterocycles. The van der Waals surface area contributed by atoms with Crippen LogP contribution in [0.5, 0.6) is 17.2 Å². The van der Waals surface area contributed by atoms with E-state index < -0.39 is 15.9 Å².